The van der Waals surface area contributed by atoms with Gasteiger partial charge in [-0.05, 0) is 31.2 Å². The first-order valence-corrected chi connectivity index (χ1v) is 4.96. The maximum Gasteiger partial charge on any atom is 0.000949 e. The van der Waals surface area contributed by atoms with E-state index < -0.39 is 0 Å². The Morgan fingerprint density at radius 2 is 1.55 bits per heavy atom. The fraction of sp³-hybridized carbons (Fsp3) is 1.00. The summed E-state index contributed by atoms with van der Waals surface area (Å²) in [5.74, 6) is 3.14. The van der Waals surface area contributed by atoms with Crippen molar-refractivity contribution in [2.45, 2.75) is 27.2 Å². The lowest BCUT2D eigenvalue weighted by molar-refractivity contribution is -0.0212. The first-order chi connectivity index (χ1) is 5.27. The van der Waals surface area contributed by atoms with Crippen molar-refractivity contribution in [1.29, 1.82) is 0 Å². The summed E-state index contributed by atoms with van der Waals surface area (Å²) in [6, 6.07) is 0. The van der Waals surface area contributed by atoms with Crippen LogP contribution in [-0.4, -0.2) is 25.0 Å². The highest BCUT2D eigenvalue weighted by Crippen LogP contribution is 2.44. The molecule has 3 aliphatic rings. The van der Waals surface area contributed by atoms with E-state index in [4.69, 9.17) is 0 Å². The molecule has 2 saturated heterocycles. The van der Waals surface area contributed by atoms with Crippen LogP contribution in [0.5, 0.6) is 0 Å². The fourth-order valence-electron chi connectivity index (χ4n) is 2.36. The van der Waals surface area contributed by atoms with Gasteiger partial charge in [-0.3, -0.25) is 0 Å². The minimum absolute atomic E-state index is 1.04. The van der Waals surface area contributed by atoms with E-state index in [0.717, 1.165) is 17.8 Å². The summed E-state index contributed by atoms with van der Waals surface area (Å²) in [5.41, 5.74) is 0. The van der Waals surface area contributed by atoms with Gasteiger partial charge in [-0.25, -0.2) is 0 Å². The second kappa shape index (κ2) is 3.57. The SMILES string of the molecule is CC.CC1C2CC1CN(C)C2. The molecule has 66 valence electrons. The third-order valence-corrected chi connectivity index (χ3v) is 3.19. The number of rotatable bonds is 0. The molecule has 0 radical (unpaired) electrons. The summed E-state index contributed by atoms with van der Waals surface area (Å²) in [6.45, 7) is 9.13. The van der Waals surface area contributed by atoms with Gasteiger partial charge < -0.3 is 4.90 Å². The average Bonchev–Trinajstić information content (AvgIpc) is 2.07. The minimum Gasteiger partial charge on any atom is -0.306 e. The highest BCUT2D eigenvalue weighted by molar-refractivity contribution is 4.93. The zero-order valence-electron chi connectivity index (χ0n) is 8.30. The number of hydrogen-bond donors (Lipinski definition) is 0. The molecule has 1 saturated carbocycles. The Balaban J connectivity index is 0.000000281. The van der Waals surface area contributed by atoms with Gasteiger partial charge >= 0.3 is 0 Å². The van der Waals surface area contributed by atoms with Gasteiger partial charge in [0.1, 0.15) is 0 Å². The van der Waals surface area contributed by atoms with Crippen molar-refractivity contribution in [3.05, 3.63) is 0 Å². The van der Waals surface area contributed by atoms with Gasteiger partial charge in [0.2, 0.25) is 0 Å². The molecule has 2 aliphatic heterocycles. The van der Waals surface area contributed by atoms with Crippen molar-refractivity contribution in [1.82, 2.24) is 4.90 Å². The predicted octanol–water partition coefficient (Wildman–Crippen LogP) is 2.23. The van der Waals surface area contributed by atoms with Gasteiger partial charge in [-0.1, -0.05) is 20.8 Å². The maximum atomic E-state index is 2.47. The molecule has 2 unspecified atom stereocenters. The molecule has 2 bridgehead atoms. The second-order valence-corrected chi connectivity index (χ2v) is 3.84. The van der Waals surface area contributed by atoms with Gasteiger partial charge in [0.25, 0.3) is 0 Å². The molecule has 3 fully saturated rings. The average molecular weight is 155 g/mol. The van der Waals surface area contributed by atoms with E-state index in [1.54, 1.807) is 0 Å². The molecule has 2 atom stereocenters. The third-order valence-electron chi connectivity index (χ3n) is 3.19. The first kappa shape index (κ1) is 9.05. The molecule has 0 amide bonds. The molecule has 11 heavy (non-hydrogen) atoms. The smallest absolute Gasteiger partial charge is 0.000949 e. The second-order valence-electron chi connectivity index (χ2n) is 3.84. The Bertz CT molecular complexity index is 110. The fourth-order valence-corrected chi connectivity index (χ4v) is 2.36. The normalized spacial score (nSPS) is 42.0. The van der Waals surface area contributed by atoms with E-state index >= 15 is 0 Å². The van der Waals surface area contributed by atoms with Gasteiger partial charge in [0.05, 0.1) is 0 Å². The number of nitrogens with zero attached hydrogens (tertiary/aromatic N) is 1. The Morgan fingerprint density at radius 3 is 1.82 bits per heavy atom. The molecular formula is C10H21N. The highest BCUT2D eigenvalue weighted by Gasteiger charge is 2.42. The summed E-state index contributed by atoms with van der Waals surface area (Å²) >= 11 is 0. The van der Waals surface area contributed by atoms with Crippen molar-refractivity contribution in [2.24, 2.45) is 17.8 Å². The molecule has 1 nitrogen and oxygen atoms in total. The zero-order chi connectivity index (χ0) is 8.43. The van der Waals surface area contributed by atoms with Crippen molar-refractivity contribution >= 4 is 0 Å². The predicted molar refractivity (Wildman–Crippen MR) is 49.6 cm³/mol. The molecule has 0 N–H and O–H groups in total. The Hall–Kier alpha value is -0.0400. The number of fused-ring (bicyclic) bond motifs is 2. The molecule has 3 rings (SSSR count). The van der Waals surface area contributed by atoms with E-state index in [2.05, 4.69) is 18.9 Å². The Kier molecular flexibility index (Phi) is 2.94. The van der Waals surface area contributed by atoms with Crippen LogP contribution in [0.4, 0.5) is 0 Å². The van der Waals surface area contributed by atoms with Crippen LogP contribution >= 0.6 is 0 Å². The molecule has 1 aliphatic carbocycles. The van der Waals surface area contributed by atoms with E-state index in [1.807, 2.05) is 13.8 Å². The van der Waals surface area contributed by atoms with Crippen molar-refractivity contribution in [3.63, 3.8) is 0 Å². The third kappa shape index (κ3) is 1.58. The van der Waals surface area contributed by atoms with Crippen LogP contribution < -0.4 is 0 Å². The van der Waals surface area contributed by atoms with Crippen LogP contribution in [0.15, 0.2) is 0 Å². The monoisotopic (exact) mass is 155 g/mol. The lowest BCUT2D eigenvalue weighted by Crippen LogP contribution is -2.52. The quantitative estimate of drug-likeness (QED) is 0.518. The van der Waals surface area contributed by atoms with Crippen LogP contribution in [0.25, 0.3) is 0 Å². The van der Waals surface area contributed by atoms with Crippen molar-refractivity contribution in [3.8, 4) is 0 Å². The molecule has 0 aromatic rings. The molecule has 0 aromatic heterocycles. The number of piperidine rings is 2. The molecule has 0 spiro atoms. The van der Waals surface area contributed by atoms with Crippen molar-refractivity contribution in [2.75, 3.05) is 20.1 Å². The largest absolute Gasteiger partial charge is 0.306 e. The van der Waals surface area contributed by atoms with Gasteiger partial charge in [-0.2, -0.15) is 0 Å². The van der Waals surface area contributed by atoms with E-state index in [9.17, 15) is 0 Å². The van der Waals surface area contributed by atoms with Crippen LogP contribution in [0.2, 0.25) is 0 Å². The van der Waals surface area contributed by atoms with E-state index in [-0.39, 0.29) is 0 Å². The lowest BCUT2D eigenvalue weighted by atomic mass is 9.63. The summed E-state index contributed by atoms with van der Waals surface area (Å²) in [4.78, 5) is 2.47. The van der Waals surface area contributed by atoms with E-state index in [1.165, 1.54) is 19.5 Å². The van der Waals surface area contributed by atoms with Crippen LogP contribution in [-0.2, 0) is 0 Å². The minimum atomic E-state index is 1.04. The van der Waals surface area contributed by atoms with Crippen LogP contribution in [0.3, 0.4) is 0 Å². The summed E-state index contributed by atoms with van der Waals surface area (Å²) in [6.07, 6.45) is 1.52. The van der Waals surface area contributed by atoms with Gasteiger partial charge in [0, 0.05) is 13.1 Å². The summed E-state index contributed by atoms with van der Waals surface area (Å²) in [7, 11) is 2.24. The molecule has 0 aromatic carbocycles. The highest BCUT2D eigenvalue weighted by atomic mass is 15.1. The maximum absolute atomic E-state index is 2.47. The number of hydrogen-bond acceptors (Lipinski definition) is 1. The van der Waals surface area contributed by atoms with Crippen molar-refractivity contribution < 1.29 is 0 Å². The summed E-state index contributed by atoms with van der Waals surface area (Å²) in [5, 5.41) is 0. The topological polar surface area (TPSA) is 3.24 Å². The Morgan fingerprint density at radius 1 is 1.09 bits per heavy atom. The summed E-state index contributed by atoms with van der Waals surface area (Å²) < 4.78 is 0. The first-order valence-electron chi connectivity index (χ1n) is 4.96. The Labute approximate surface area is 70.8 Å². The molecular weight excluding hydrogens is 134 g/mol. The van der Waals surface area contributed by atoms with E-state index in [0.29, 0.717) is 0 Å². The standard InChI is InChI=1S/C8H15N.C2H6/c1-6-7-3-8(6)5-9(2)4-7;1-2/h6-8H,3-5H2,1-2H3;1-2H3. The zero-order valence-corrected chi connectivity index (χ0v) is 8.30. The van der Waals surface area contributed by atoms with Crippen LogP contribution in [0.1, 0.15) is 27.2 Å². The van der Waals surface area contributed by atoms with Gasteiger partial charge in [0.15, 0.2) is 0 Å². The van der Waals surface area contributed by atoms with Crippen LogP contribution in [0, 0.1) is 17.8 Å². The molecule has 2 heterocycles. The lowest BCUT2D eigenvalue weighted by Gasteiger charge is -2.51. The van der Waals surface area contributed by atoms with Gasteiger partial charge in [-0.15, -0.1) is 0 Å². The molecule has 1 heteroatoms.